The van der Waals surface area contributed by atoms with Gasteiger partial charge in [-0.25, -0.2) is 0 Å². The van der Waals surface area contributed by atoms with Gasteiger partial charge in [0.15, 0.2) is 0 Å². The molecule has 4 aliphatic rings. The van der Waals surface area contributed by atoms with E-state index in [1.165, 1.54) is 117 Å². The lowest BCUT2D eigenvalue weighted by molar-refractivity contribution is 0.140. The van der Waals surface area contributed by atoms with Crippen molar-refractivity contribution < 1.29 is 0 Å². The molecule has 3 unspecified atom stereocenters. The summed E-state index contributed by atoms with van der Waals surface area (Å²) in [6, 6.07) is 26.4. The van der Waals surface area contributed by atoms with Crippen LogP contribution in [0.5, 0.6) is 0 Å². The van der Waals surface area contributed by atoms with Crippen molar-refractivity contribution >= 4 is 35.6 Å². The number of nitrogens with zero attached hydrogens (tertiary/aromatic N) is 2. The summed E-state index contributed by atoms with van der Waals surface area (Å²) in [5, 5.41) is 2.69. The molecule has 3 aromatic carbocycles. The normalized spacial score (nSPS) is 23.4. The van der Waals surface area contributed by atoms with Crippen molar-refractivity contribution in [3.63, 3.8) is 0 Å². The second-order valence-electron chi connectivity index (χ2n) is 18.5. The van der Waals surface area contributed by atoms with Gasteiger partial charge >= 0.3 is 0 Å². The first-order valence-corrected chi connectivity index (χ1v) is 24.0. The van der Waals surface area contributed by atoms with Gasteiger partial charge in [-0.3, -0.25) is 0 Å². The first kappa shape index (κ1) is 35.2. The van der Waals surface area contributed by atoms with Crippen molar-refractivity contribution in [1.82, 2.24) is 9.13 Å². The minimum Gasteiger partial charge on any atom is -0.316 e. The third kappa shape index (κ3) is 5.75. The highest BCUT2D eigenvalue weighted by atomic mass is 28.3. The molecular weight excluding hydrogens is 633 g/mol. The van der Waals surface area contributed by atoms with Crippen molar-refractivity contribution in [1.29, 1.82) is 0 Å². The summed E-state index contributed by atoms with van der Waals surface area (Å²) in [5.74, 6) is 1.35. The Balaban J connectivity index is 1.26. The van der Waals surface area contributed by atoms with Crippen LogP contribution in [-0.4, -0.2) is 28.9 Å². The molecular formula is C48H64N2Si. The van der Waals surface area contributed by atoms with Crippen LogP contribution in [0.2, 0.25) is 18.6 Å². The molecule has 1 heterocycles. The fourth-order valence-electron chi connectivity index (χ4n) is 12.2. The second kappa shape index (κ2) is 13.5. The zero-order valence-electron chi connectivity index (χ0n) is 32.9. The van der Waals surface area contributed by atoms with Gasteiger partial charge in [-0.15, -0.1) is 0 Å². The molecule has 0 spiro atoms. The molecule has 1 aromatic heterocycles. The quantitative estimate of drug-likeness (QED) is 0.150. The summed E-state index contributed by atoms with van der Waals surface area (Å²) >= 11 is 0. The van der Waals surface area contributed by atoms with Crippen molar-refractivity contribution in [2.45, 2.75) is 154 Å². The van der Waals surface area contributed by atoms with Gasteiger partial charge in [0.05, 0.1) is 11.0 Å². The van der Waals surface area contributed by atoms with Crippen LogP contribution in [0.25, 0.3) is 33.1 Å². The molecule has 4 aromatic rings. The third-order valence-electron chi connectivity index (χ3n) is 14.1. The molecule has 51 heavy (non-hydrogen) atoms. The molecule has 2 fully saturated rings. The smallest absolute Gasteiger partial charge is 0.126 e. The number of hydrogen-bond acceptors (Lipinski definition) is 1. The second-order valence-corrected chi connectivity index (χ2v) is 23.0. The van der Waals surface area contributed by atoms with Crippen molar-refractivity contribution in [3.05, 3.63) is 95.6 Å². The minimum atomic E-state index is -1.79. The van der Waals surface area contributed by atoms with E-state index in [2.05, 4.69) is 136 Å². The molecule has 0 N–H and O–H groups in total. The predicted molar refractivity (Wildman–Crippen MR) is 223 cm³/mol. The van der Waals surface area contributed by atoms with E-state index in [0.717, 1.165) is 11.6 Å². The average Bonchev–Trinajstić information content (AvgIpc) is 3.78. The highest BCUT2D eigenvalue weighted by Crippen LogP contribution is 2.62. The molecule has 2 saturated carbocycles. The van der Waals surface area contributed by atoms with E-state index < -0.39 is 8.24 Å². The van der Waals surface area contributed by atoms with Crippen LogP contribution in [0.4, 0.5) is 0 Å². The molecule has 4 aliphatic carbocycles. The maximum atomic E-state index is 3.16. The SMILES string of the molecule is CCCCC1(CCCC)C2=CC3C(C=C2c2ccc(-n4c5ccccc5c5ccccc54)cc21)CCC3[Si](C)(C)N(C1CCCCC1)C(C)(C)C. The third-order valence-corrected chi connectivity index (χ3v) is 18.8. The van der Waals surface area contributed by atoms with Crippen LogP contribution < -0.4 is 0 Å². The summed E-state index contributed by atoms with van der Waals surface area (Å²) in [5.41, 5.74) is 11.5. The van der Waals surface area contributed by atoms with E-state index in [0.29, 0.717) is 11.8 Å². The molecule has 0 amide bonds. The van der Waals surface area contributed by atoms with Gasteiger partial charge in [0.1, 0.15) is 8.24 Å². The number of benzene rings is 3. The average molecular weight is 697 g/mol. The first-order chi connectivity index (χ1) is 24.6. The first-order valence-electron chi connectivity index (χ1n) is 21.0. The molecule has 270 valence electrons. The number of para-hydroxylation sites is 2. The van der Waals surface area contributed by atoms with Crippen molar-refractivity contribution in [3.8, 4) is 5.69 Å². The molecule has 3 atom stereocenters. The lowest BCUT2D eigenvalue weighted by atomic mass is 9.68. The van der Waals surface area contributed by atoms with Gasteiger partial charge in [-0.2, -0.15) is 0 Å². The summed E-state index contributed by atoms with van der Waals surface area (Å²) in [6.45, 7) is 17.9. The van der Waals surface area contributed by atoms with Gasteiger partial charge in [-0.1, -0.05) is 133 Å². The Morgan fingerprint density at radius 2 is 1.39 bits per heavy atom. The predicted octanol–water partition coefficient (Wildman–Crippen LogP) is 13.8. The van der Waals surface area contributed by atoms with E-state index >= 15 is 0 Å². The maximum absolute atomic E-state index is 3.16. The van der Waals surface area contributed by atoms with Crippen LogP contribution >= 0.6 is 0 Å². The Morgan fingerprint density at radius 3 is 2.00 bits per heavy atom. The Kier molecular flexibility index (Phi) is 9.32. The van der Waals surface area contributed by atoms with Gasteiger partial charge in [0.25, 0.3) is 0 Å². The summed E-state index contributed by atoms with van der Waals surface area (Å²) in [7, 11) is -1.79. The van der Waals surface area contributed by atoms with E-state index in [-0.39, 0.29) is 11.0 Å². The standard InChI is InChI=1S/C48H64N2Si/c1-8-10-29-48(30-11-9-2)42-32-36(49-44-23-17-15-21-38(44)39-22-16-18-24-45(39)49)26-27-37(42)41-31-34-25-28-46(40(34)33-43(41)48)51(6,7)50(47(3,4)5)35-19-13-12-14-20-35/h15-18,21-24,26-27,31-35,40,46H,8-14,19-20,25,28-30H2,1-7H3. The van der Waals surface area contributed by atoms with Crippen LogP contribution in [0.15, 0.2) is 84.5 Å². The summed E-state index contributed by atoms with van der Waals surface area (Å²) < 4.78 is 5.71. The fraction of sp³-hybridized carbons (Fsp3) is 0.542. The van der Waals surface area contributed by atoms with Crippen molar-refractivity contribution in [2.24, 2.45) is 11.8 Å². The van der Waals surface area contributed by atoms with E-state index in [4.69, 9.17) is 0 Å². The van der Waals surface area contributed by atoms with Crippen LogP contribution in [-0.2, 0) is 5.41 Å². The van der Waals surface area contributed by atoms with E-state index in [1.807, 2.05) is 0 Å². The van der Waals surface area contributed by atoms with E-state index in [1.54, 1.807) is 16.7 Å². The number of hydrogen-bond donors (Lipinski definition) is 0. The number of unbranched alkanes of at least 4 members (excludes halogenated alkanes) is 2. The Labute approximate surface area is 310 Å². The zero-order valence-corrected chi connectivity index (χ0v) is 33.9. The summed E-state index contributed by atoms with van der Waals surface area (Å²) in [6.07, 6.45) is 23.2. The van der Waals surface area contributed by atoms with Crippen LogP contribution in [0.1, 0.15) is 129 Å². The van der Waals surface area contributed by atoms with E-state index in [9.17, 15) is 0 Å². The topological polar surface area (TPSA) is 8.17 Å². The lowest BCUT2D eigenvalue weighted by Gasteiger charge is -2.55. The molecule has 0 saturated heterocycles. The Hall–Kier alpha value is -2.88. The molecule has 8 rings (SSSR count). The zero-order chi connectivity index (χ0) is 35.5. The fourth-order valence-corrected chi connectivity index (χ4v) is 17.7. The van der Waals surface area contributed by atoms with Crippen LogP contribution in [0.3, 0.4) is 0 Å². The molecule has 2 nitrogen and oxygen atoms in total. The molecule has 3 heteroatoms. The number of allylic oxidation sites excluding steroid dienone is 4. The number of rotatable bonds is 10. The lowest BCUT2D eigenvalue weighted by Crippen LogP contribution is -2.64. The highest BCUT2D eigenvalue weighted by molar-refractivity contribution is 6.76. The number of fused-ring (bicyclic) bond motifs is 7. The largest absolute Gasteiger partial charge is 0.316 e. The summed E-state index contributed by atoms with van der Waals surface area (Å²) in [4.78, 5) is 0. The molecule has 0 bridgehead atoms. The van der Waals surface area contributed by atoms with Gasteiger partial charge in [0.2, 0.25) is 0 Å². The monoisotopic (exact) mass is 696 g/mol. The van der Waals surface area contributed by atoms with Gasteiger partial charge < -0.3 is 9.13 Å². The Morgan fingerprint density at radius 1 is 0.765 bits per heavy atom. The van der Waals surface area contributed by atoms with Crippen LogP contribution in [0, 0.1) is 11.8 Å². The maximum Gasteiger partial charge on any atom is 0.126 e. The molecule has 0 aliphatic heterocycles. The van der Waals surface area contributed by atoms with Gasteiger partial charge in [0, 0.05) is 33.5 Å². The minimum absolute atomic E-state index is 0.0961. The highest BCUT2D eigenvalue weighted by Gasteiger charge is 2.54. The number of aromatic nitrogens is 1. The van der Waals surface area contributed by atoms with Crippen molar-refractivity contribution in [2.75, 3.05) is 0 Å². The van der Waals surface area contributed by atoms with Gasteiger partial charge in [-0.05, 0) is 117 Å². The Bertz CT molecular complexity index is 1900. The molecule has 0 radical (unpaired) electrons.